The molecule has 0 aromatic heterocycles. The smallest absolute Gasteiger partial charge is 0.375 e. The molecular formula is C31H14F14O8S2. The van der Waals surface area contributed by atoms with E-state index < -0.39 is 129 Å². The molecule has 0 heterocycles. The minimum atomic E-state index is -6.79. The first-order valence-electron chi connectivity index (χ1n) is 14.0. The molecule has 296 valence electrons. The van der Waals surface area contributed by atoms with Gasteiger partial charge in [-0.2, -0.15) is 69.5 Å². The van der Waals surface area contributed by atoms with Crippen molar-refractivity contribution in [2.24, 2.45) is 0 Å². The third-order valence-corrected chi connectivity index (χ3v) is 9.28. The molecule has 0 atom stereocenters. The topological polar surface area (TPSA) is 121 Å². The lowest BCUT2D eigenvalue weighted by atomic mass is 9.71. The number of ketones is 2. The number of carbonyl (C=O) groups excluding carboxylic acids is 2. The van der Waals surface area contributed by atoms with Crippen LogP contribution in [0.3, 0.4) is 0 Å². The first-order valence-corrected chi connectivity index (χ1v) is 16.8. The molecule has 0 amide bonds. The van der Waals surface area contributed by atoms with Crippen molar-refractivity contribution in [1.29, 1.82) is 0 Å². The Morgan fingerprint density at radius 3 is 1.00 bits per heavy atom. The first kappa shape index (κ1) is 42.5. The van der Waals surface area contributed by atoms with Gasteiger partial charge in [-0.05, 0) is 83.9 Å². The van der Waals surface area contributed by atoms with Crippen LogP contribution in [0.1, 0.15) is 43.0 Å². The molecule has 8 nitrogen and oxygen atoms in total. The highest BCUT2D eigenvalue weighted by Crippen LogP contribution is 2.57. The highest BCUT2D eigenvalue weighted by molar-refractivity contribution is 7.88. The number of hydrogen-bond acceptors (Lipinski definition) is 8. The van der Waals surface area contributed by atoms with Crippen LogP contribution in [-0.2, 0) is 25.7 Å². The van der Waals surface area contributed by atoms with Crippen molar-refractivity contribution >= 4 is 31.8 Å². The van der Waals surface area contributed by atoms with Crippen LogP contribution in [0.2, 0.25) is 0 Å². The SMILES string of the molecule is O=C(c1ccc(F)cc1)c1cc(C(c2ccc(OS(=O)(=O)C(F)(F)F)c(C(=O)c3ccc(F)cc3)c2)(C(F)(F)F)C(F)(F)F)ccc1OS(=O)(=O)C(F)(F)F. The summed E-state index contributed by atoms with van der Waals surface area (Å²) in [5.74, 6) is -9.39. The predicted octanol–water partition coefficient (Wildman–Crippen LogP) is 8.29. The average Bonchev–Trinajstić information content (AvgIpc) is 3.03. The van der Waals surface area contributed by atoms with E-state index in [9.17, 15) is 61.5 Å². The number of carbonyl (C=O) groups is 2. The number of alkyl halides is 12. The molecular weight excluding hydrogens is 830 g/mol. The lowest BCUT2D eigenvalue weighted by Crippen LogP contribution is -2.55. The summed E-state index contributed by atoms with van der Waals surface area (Å²) in [5.41, 5.74) is -27.6. The van der Waals surface area contributed by atoms with Gasteiger partial charge in [-0.3, -0.25) is 9.59 Å². The summed E-state index contributed by atoms with van der Waals surface area (Å²) >= 11 is 0. The van der Waals surface area contributed by atoms with Gasteiger partial charge in [0.1, 0.15) is 11.6 Å². The molecule has 0 saturated heterocycles. The van der Waals surface area contributed by atoms with E-state index in [2.05, 4.69) is 8.37 Å². The summed E-state index contributed by atoms with van der Waals surface area (Å²) in [6.45, 7) is 0. The van der Waals surface area contributed by atoms with E-state index in [1.165, 1.54) is 0 Å². The van der Waals surface area contributed by atoms with Crippen molar-refractivity contribution in [2.75, 3.05) is 0 Å². The molecule has 4 aromatic rings. The average molecular weight is 845 g/mol. The Bertz CT molecular complexity index is 2180. The Balaban J connectivity index is 2.13. The molecule has 4 aromatic carbocycles. The van der Waals surface area contributed by atoms with Crippen molar-refractivity contribution in [3.8, 4) is 11.5 Å². The first-order chi connectivity index (χ1) is 24.9. The summed E-state index contributed by atoms with van der Waals surface area (Å²) in [7, 11) is -13.6. The fraction of sp³-hybridized carbons (Fsp3) is 0.161. The number of hydrogen-bond donors (Lipinski definition) is 0. The monoisotopic (exact) mass is 844 g/mol. The largest absolute Gasteiger partial charge is 0.534 e. The lowest BCUT2D eigenvalue weighted by Gasteiger charge is -2.38. The maximum Gasteiger partial charge on any atom is 0.534 e. The van der Waals surface area contributed by atoms with E-state index >= 15 is 26.3 Å². The molecule has 24 heteroatoms. The maximum absolute atomic E-state index is 15.2. The van der Waals surface area contributed by atoms with Gasteiger partial charge >= 0.3 is 43.6 Å². The molecule has 0 aliphatic heterocycles. The zero-order valence-corrected chi connectivity index (χ0v) is 27.6. The van der Waals surface area contributed by atoms with Gasteiger partial charge in [0.15, 0.2) is 23.1 Å². The molecule has 0 aliphatic rings. The highest BCUT2D eigenvalue weighted by Gasteiger charge is 2.73. The highest BCUT2D eigenvalue weighted by atomic mass is 32.2. The molecule has 4 rings (SSSR count). The zero-order valence-electron chi connectivity index (χ0n) is 26.0. The Hall–Kier alpha value is -5.26. The Labute approximate surface area is 298 Å². The van der Waals surface area contributed by atoms with Crippen LogP contribution in [0.15, 0.2) is 84.9 Å². The zero-order chi connectivity index (χ0) is 41.7. The van der Waals surface area contributed by atoms with Crippen molar-refractivity contribution in [3.63, 3.8) is 0 Å². The molecule has 0 aliphatic carbocycles. The van der Waals surface area contributed by atoms with Crippen molar-refractivity contribution in [3.05, 3.63) is 130 Å². The van der Waals surface area contributed by atoms with E-state index in [0.29, 0.717) is 48.5 Å². The van der Waals surface area contributed by atoms with Crippen molar-refractivity contribution in [1.82, 2.24) is 0 Å². The normalized spacial score (nSPS) is 13.3. The predicted molar refractivity (Wildman–Crippen MR) is 157 cm³/mol. The van der Waals surface area contributed by atoms with E-state index in [1.807, 2.05) is 0 Å². The third-order valence-electron chi connectivity index (χ3n) is 7.34. The van der Waals surface area contributed by atoms with Gasteiger partial charge in [0.05, 0.1) is 11.1 Å². The van der Waals surface area contributed by atoms with Gasteiger partial charge in [0, 0.05) is 11.1 Å². The number of halogens is 14. The van der Waals surface area contributed by atoms with Crippen LogP contribution in [-0.4, -0.2) is 51.8 Å². The lowest BCUT2D eigenvalue weighted by molar-refractivity contribution is -0.288. The van der Waals surface area contributed by atoms with Crippen LogP contribution < -0.4 is 8.37 Å². The summed E-state index contributed by atoms with van der Waals surface area (Å²) in [6, 6.07) is 2.48. The van der Waals surface area contributed by atoms with E-state index in [-0.39, 0.29) is 24.3 Å². The van der Waals surface area contributed by atoms with Crippen LogP contribution >= 0.6 is 0 Å². The van der Waals surface area contributed by atoms with Crippen LogP contribution in [0, 0.1) is 11.6 Å². The molecule has 0 bridgehead atoms. The summed E-state index contributed by atoms with van der Waals surface area (Å²) < 4.78 is 252. The van der Waals surface area contributed by atoms with Crippen LogP contribution in [0.5, 0.6) is 11.5 Å². The Kier molecular flexibility index (Phi) is 10.9. The van der Waals surface area contributed by atoms with Gasteiger partial charge in [-0.15, -0.1) is 0 Å². The van der Waals surface area contributed by atoms with Crippen molar-refractivity contribution < 1.29 is 96.3 Å². The summed E-state index contributed by atoms with van der Waals surface area (Å²) in [6.07, 6.45) is -13.4. The second-order valence-corrected chi connectivity index (χ2v) is 13.9. The standard InChI is InChI=1S/C31H14F14O8S2/c32-19-7-1-15(2-8-19)25(46)21-13-17(5-11-23(21)52-54(48,49)30(40,41)42)27(28(34,35)36,29(37,38)39)18-6-12-24(53-55(50,51)31(43,44)45)22(14-18)26(47)16-3-9-20(33)10-4-16/h1-14H. The quantitative estimate of drug-likeness (QED) is 0.0677. The molecule has 0 spiro atoms. The van der Waals surface area contributed by atoms with E-state index in [1.54, 1.807) is 0 Å². The molecule has 0 fully saturated rings. The third kappa shape index (κ3) is 8.09. The molecule has 0 saturated carbocycles. The van der Waals surface area contributed by atoms with Crippen LogP contribution in [0.4, 0.5) is 61.5 Å². The molecule has 0 unspecified atom stereocenters. The van der Waals surface area contributed by atoms with E-state index in [4.69, 9.17) is 0 Å². The maximum atomic E-state index is 15.2. The summed E-state index contributed by atoms with van der Waals surface area (Å²) in [5, 5.41) is 0. The fourth-order valence-corrected chi connectivity index (χ4v) is 5.81. The Morgan fingerprint density at radius 1 is 0.455 bits per heavy atom. The minimum absolute atomic E-state index is 0.209. The summed E-state index contributed by atoms with van der Waals surface area (Å²) in [4.78, 5) is 26.7. The van der Waals surface area contributed by atoms with Gasteiger partial charge in [-0.25, -0.2) is 8.78 Å². The minimum Gasteiger partial charge on any atom is -0.375 e. The molecule has 0 radical (unpaired) electrons. The van der Waals surface area contributed by atoms with Crippen LogP contribution in [0.25, 0.3) is 0 Å². The fourth-order valence-electron chi connectivity index (χ4n) is 4.85. The number of benzene rings is 4. The van der Waals surface area contributed by atoms with Gasteiger partial charge in [-0.1, -0.05) is 12.1 Å². The molecule has 0 N–H and O–H groups in total. The second-order valence-electron chi connectivity index (χ2n) is 10.8. The van der Waals surface area contributed by atoms with E-state index in [0.717, 1.165) is 0 Å². The van der Waals surface area contributed by atoms with Gasteiger partial charge in [0.25, 0.3) is 0 Å². The molecule has 55 heavy (non-hydrogen) atoms. The van der Waals surface area contributed by atoms with Crippen molar-refractivity contribution in [2.45, 2.75) is 28.8 Å². The van der Waals surface area contributed by atoms with Gasteiger partial charge in [0.2, 0.25) is 5.41 Å². The number of rotatable bonds is 10. The second kappa shape index (κ2) is 14.1. The Morgan fingerprint density at radius 2 is 0.745 bits per heavy atom. The van der Waals surface area contributed by atoms with Gasteiger partial charge < -0.3 is 8.37 Å².